The molecular weight excluding hydrogens is 464 g/mol. The van der Waals surface area contributed by atoms with Crippen molar-refractivity contribution < 1.29 is 14.3 Å². The Balaban J connectivity index is 1.19. The number of hydrogen-bond donors (Lipinski definition) is 3. The lowest BCUT2D eigenvalue weighted by atomic mass is 9.94. The molecule has 1 unspecified atom stereocenters. The number of hydrogen-bond acceptors (Lipinski definition) is 8. The van der Waals surface area contributed by atoms with Gasteiger partial charge in [0.25, 0.3) is 0 Å². The number of thiophene rings is 1. The summed E-state index contributed by atoms with van der Waals surface area (Å²) in [7, 11) is 1.59. The average molecular weight is 487 g/mol. The molecule has 5 aromatic rings. The quantitative estimate of drug-likeness (QED) is 0.304. The largest absolute Gasteiger partial charge is 0.497 e. The van der Waals surface area contributed by atoms with Crippen LogP contribution in [0.25, 0.3) is 21.1 Å². The van der Waals surface area contributed by atoms with Gasteiger partial charge >= 0.3 is 6.09 Å². The molecule has 0 radical (unpaired) electrons. The molecule has 0 bridgehead atoms. The molecule has 0 fully saturated rings. The third-order valence-corrected chi connectivity index (χ3v) is 7.26. The van der Waals surface area contributed by atoms with Gasteiger partial charge in [-0.15, -0.1) is 11.3 Å². The SMILES string of the molecule is COc1cccc(NC(=O)OC2CCc3c(sc4ncnc(Nc5ccc6[nH]ncc6c5)c34)C2)c1. The van der Waals surface area contributed by atoms with Crippen molar-refractivity contribution >= 4 is 55.7 Å². The Labute approximate surface area is 204 Å². The van der Waals surface area contributed by atoms with Gasteiger partial charge < -0.3 is 14.8 Å². The van der Waals surface area contributed by atoms with E-state index in [4.69, 9.17) is 9.47 Å². The molecule has 35 heavy (non-hydrogen) atoms. The molecule has 6 rings (SSSR count). The van der Waals surface area contributed by atoms with Gasteiger partial charge in [-0.25, -0.2) is 14.8 Å². The Morgan fingerprint density at radius 3 is 3.03 bits per heavy atom. The van der Waals surface area contributed by atoms with Crippen molar-refractivity contribution in [1.29, 1.82) is 0 Å². The van der Waals surface area contributed by atoms with Gasteiger partial charge in [0, 0.05) is 34.1 Å². The molecule has 2 aromatic carbocycles. The van der Waals surface area contributed by atoms with Crippen LogP contribution in [0.1, 0.15) is 16.9 Å². The number of fused-ring (bicyclic) bond motifs is 4. The Morgan fingerprint density at radius 1 is 1.17 bits per heavy atom. The number of amides is 1. The number of carbonyl (C=O) groups excluding carboxylic acids is 1. The Kier molecular flexibility index (Phi) is 5.42. The second-order valence-corrected chi connectivity index (χ2v) is 9.41. The molecule has 3 heterocycles. The van der Waals surface area contributed by atoms with E-state index in [0.717, 1.165) is 45.5 Å². The topological polar surface area (TPSA) is 114 Å². The fourth-order valence-electron chi connectivity index (χ4n) is 4.43. The van der Waals surface area contributed by atoms with Gasteiger partial charge in [-0.3, -0.25) is 10.4 Å². The minimum atomic E-state index is -0.468. The predicted octanol–water partition coefficient (Wildman–Crippen LogP) is 5.43. The highest BCUT2D eigenvalue weighted by molar-refractivity contribution is 7.19. The number of benzene rings is 2. The molecule has 1 amide bonds. The molecule has 1 aliphatic rings. The van der Waals surface area contributed by atoms with E-state index in [1.807, 2.05) is 30.3 Å². The average Bonchev–Trinajstić information content (AvgIpc) is 3.48. The van der Waals surface area contributed by atoms with E-state index in [-0.39, 0.29) is 6.10 Å². The summed E-state index contributed by atoms with van der Waals surface area (Å²) in [5.41, 5.74) is 3.78. The normalized spacial score (nSPS) is 15.1. The number of anilines is 3. The first-order chi connectivity index (χ1) is 17.2. The number of carbonyl (C=O) groups is 1. The first-order valence-corrected chi connectivity index (χ1v) is 12.0. The summed E-state index contributed by atoms with van der Waals surface area (Å²) in [6.07, 6.45) is 4.89. The van der Waals surface area contributed by atoms with Crippen LogP contribution in [0.3, 0.4) is 0 Å². The number of aromatic nitrogens is 4. The van der Waals surface area contributed by atoms with Crippen molar-refractivity contribution in [3.63, 3.8) is 0 Å². The third-order valence-electron chi connectivity index (χ3n) is 6.09. The lowest BCUT2D eigenvalue weighted by Gasteiger charge is -2.23. The van der Waals surface area contributed by atoms with Crippen molar-refractivity contribution in [2.45, 2.75) is 25.4 Å². The summed E-state index contributed by atoms with van der Waals surface area (Å²) >= 11 is 1.63. The fraction of sp³-hybridized carbons (Fsp3) is 0.200. The number of H-pyrrole nitrogens is 1. The molecule has 0 spiro atoms. The molecule has 0 aliphatic heterocycles. The zero-order chi connectivity index (χ0) is 23.8. The maximum absolute atomic E-state index is 12.5. The van der Waals surface area contributed by atoms with E-state index >= 15 is 0 Å². The van der Waals surface area contributed by atoms with Gasteiger partial charge in [-0.05, 0) is 48.7 Å². The predicted molar refractivity (Wildman–Crippen MR) is 136 cm³/mol. The van der Waals surface area contributed by atoms with Gasteiger partial charge in [-0.2, -0.15) is 5.10 Å². The van der Waals surface area contributed by atoms with Crippen LogP contribution in [0.5, 0.6) is 5.75 Å². The lowest BCUT2D eigenvalue weighted by molar-refractivity contribution is 0.103. The van der Waals surface area contributed by atoms with Crippen LogP contribution in [0.15, 0.2) is 55.0 Å². The Hall–Kier alpha value is -4.18. The van der Waals surface area contributed by atoms with Crippen molar-refractivity contribution in [1.82, 2.24) is 20.2 Å². The highest BCUT2D eigenvalue weighted by Gasteiger charge is 2.27. The Bertz CT molecular complexity index is 1550. The Morgan fingerprint density at radius 2 is 2.11 bits per heavy atom. The molecule has 9 nitrogen and oxygen atoms in total. The molecule has 0 saturated carbocycles. The lowest BCUT2D eigenvalue weighted by Crippen LogP contribution is -2.27. The van der Waals surface area contributed by atoms with Crippen LogP contribution in [0, 0.1) is 0 Å². The molecule has 1 aliphatic carbocycles. The molecule has 0 saturated heterocycles. The number of nitrogens with one attached hydrogen (secondary N) is 3. The van der Waals surface area contributed by atoms with Crippen molar-refractivity contribution in [3.05, 3.63) is 65.4 Å². The van der Waals surface area contributed by atoms with Crippen LogP contribution in [-0.2, 0) is 17.6 Å². The zero-order valence-electron chi connectivity index (χ0n) is 18.9. The summed E-state index contributed by atoms with van der Waals surface area (Å²) in [6.45, 7) is 0. The van der Waals surface area contributed by atoms with Gasteiger partial charge in [0.05, 0.1) is 24.2 Å². The molecule has 3 N–H and O–H groups in total. The molecular formula is C25H22N6O3S. The molecule has 1 atom stereocenters. The van der Waals surface area contributed by atoms with Gasteiger partial charge in [0.2, 0.25) is 0 Å². The number of methoxy groups -OCH3 is 1. The highest BCUT2D eigenvalue weighted by Crippen LogP contribution is 2.39. The van der Waals surface area contributed by atoms with E-state index in [2.05, 4.69) is 30.8 Å². The summed E-state index contributed by atoms with van der Waals surface area (Å²) in [5.74, 6) is 1.45. The van der Waals surface area contributed by atoms with Gasteiger partial charge in [-0.1, -0.05) is 6.07 Å². The van der Waals surface area contributed by atoms with E-state index in [1.165, 1.54) is 10.4 Å². The molecule has 3 aromatic heterocycles. The van der Waals surface area contributed by atoms with Gasteiger partial charge in [0.1, 0.15) is 28.8 Å². The van der Waals surface area contributed by atoms with Crippen LogP contribution >= 0.6 is 11.3 Å². The molecule has 10 heteroatoms. The second kappa shape index (κ2) is 8.88. The van der Waals surface area contributed by atoms with Crippen LogP contribution in [-0.4, -0.2) is 39.5 Å². The maximum Gasteiger partial charge on any atom is 0.411 e. The maximum atomic E-state index is 12.5. The summed E-state index contributed by atoms with van der Waals surface area (Å²) in [6, 6.07) is 13.2. The number of ether oxygens (including phenoxy) is 2. The highest BCUT2D eigenvalue weighted by atomic mass is 32.1. The summed E-state index contributed by atoms with van der Waals surface area (Å²) in [5, 5.41) is 15.4. The standard InChI is InChI=1S/C25H22N6O3S/c1-33-17-4-2-3-15(10-17)30-25(32)34-18-6-7-19-21(11-18)35-24-22(19)23(26-13-27-24)29-16-5-8-20-14(9-16)12-28-31-20/h2-5,8-10,12-13,18H,6-7,11H2,1H3,(H,28,31)(H,30,32)(H,26,27,29). The second-order valence-electron chi connectivity index (χ2n) is 8.33. The first-order valence-electron chi connectivity index (χ1n) is 11.2. The van der Waals surface area contributed by atoms with E-state index in [0.29, 0.717) is 17.9 Å². The minimum absolute atomic E-state index is 0.200. The smallest absolute Gasteiger partial charge is 0.411 e. The monoisotopic (exact) mass is 486 g/mol. The van der Waals surface area contributed by atoms with Crippen LogP contribution in [0.2, 0.25) is 0 Å². The fourth-order valence-corrected chi connectivity index (χ4v) is 5.68. The third kappa shape index (κ3) is 4.24. The van der Waals surface area contributed by atoms with E-state index in [1.54, 1.807) is 43.1 Å². The molecule has 176 valence electrons. The number of nitrogens with zero attached hydrogens (tertiary/aromatic N) is 3. The minimum Gasteiger partial charge on any atom is -0.497 e. The van der Waals surface area contributed by atoms with E-state index in [9.17, 15) is 4.79 Å². The summed E-state index contributed by atoms with van der Waals surface area (Å²) in [4.78, 5) is 23.6. The zero-order valence-corrected chi connectivity index (χ0v) is 19.7. The van der Waals surface area contributed by atoms with Gasteiger partial charge in [0.15, 0.2) is 0 Å². The number of rotatable bonds is 5. The number of aryl methyl sites for hydroxylation is 1. The van der Waals surface area contributed by atoms with Crippen molar-refractivity contribution in [2.24, 2.45) is 0 Å². The van der Waals surface area contributed by atoms with Crippen LogP contribution in [0.4, 0.5) is 22.0 Å². The van der Waals surface area contributed by atoms with Crippen molar-refractivity contribution in [3.8, 4) is 5.75 Å². The first kappa shape index (κ1) is 21.4. The van der Waals surface area contributed by atoms with Crippen molar-refractivity contribution in [2.75, 3.05) is 17.7 Å². The van der Waals surface area contributed by atoms with E-state index < -0.39 is 6.09 Å². The number of aromatic amines is 1. The summed E-state index contributed by atoms with van der Waals surface area (Å²) < 4.78 is 10.9. The van der Waals surface area contributed by atoms with Crippen LogP contribution < -0.4 is 15.4 Å².